The normalized spacial score (nSPS) is 55.3. The Morgan fingerprint density at radius 1 is 1.07 bits per heavy atom. The Labute approximate surface area is 176 Å². The number of ketones is 1. The predicted octanol–water partition coefficient (Wildman–Crippen LogP) is 3.62. The lowest BCUT2D eigenvalue weighted by Gasteiger charge is -2.61. The number of carbonyl (C=O) groups excluding carboxylic acids is 1. The maximum atomic E-state index is 12.5. The molecule has 0 radical (unpaired) electrons. The molecule has 0 aromatic heterocycles. The van der Waals surface area contributed by atoms with E-state index < -0.39 is 6.10 Å². The lowest BCUT2D eigenvalue weighted by molar-refractivity contribution is -0.141. The smallest absolute Gasteiger partial charge is 0.136 e. The van der Waals surface area contributed by atoms with Crippen LogP contribution in [0.15, 0.2) is 12.2 Å². The zero-order chi connectivity index (χ0) is 20.3. The van der Waals surface area contributed by atoms with Gasteiger partial charge in [0.15, 0.2) is 0 Å². The van der Waals surface area contributed by atoms with Gasteiger partial charge in [-0.05, 0) is 106 Å². The quantitative estimate of drug-likeness (QED) is 0.716. The van der Waals surface area contributed by atoms with Gasteiger partial charge >= 0.3 is 0 Å². The number of aliphatic hydroxyl groups is 1. The molecule has 2 spiro atoms. The number of likely N-dealkylation sites (N-methyl/N-ethyl adjacent to an activating group) is 1. The Kier molecular flexibility index (Phi) is 4.58. The van der Waals surface area contributed by atoms with Crippen molar-refractivity contribution in [3.8, 4) is 0 Å². The largest absolute Gasteiger partial charge is 0.412 e. The standard InChI is InChI=1S/C25H39NO2.H2O/c1-15-17-7-8-20-23(4)13-19(28)21(16(2)27)22(23,3)11-12-25(20)14-24(17,25)10-9-18(15)26(5)6;/h17-21,28H,1,7-14H2,2-6H3;1H2/t17-,18-,19+,20-,21-,22+,23-,24+,25-;/m0./s1. The molecular formula is C25H41NO3. The summed E-state index contributed by atoms with van der Waals surface area (Å²) >= 11 is 0. The van der Waals surface area contributed by atoms with Crippen LogP contribution in [-0.4, -0.2) is 47.5 Å². The molecule has 4 heteroatoms. The summed E-state index contributed by atoms with van der Waals surface area (Å²) in [6, 6.07) is 0.546. The summed E-state index contributed by atoms with van der Waals surface area (Å²) in [6.07, 6.45) is 9.25. The van der Waals surface area contributed by atoms with Gasteiger partial charge in [-0.1, -0.05) is 26.0 Å². The fourth-order valence-electron chi connectivity index (χ4n) is 9.99. The molecule has 0 aromatic rings. The highest BCUT2D eigenvalue weighted by Gasteiger charge is 2.81. The first-order chi connectivity index (χ1) is 13.0. The second-order valence-electron chi connectivity index (χ2n) is 12.0. The van der Waals surface area contributed by atoms with Crippen molar-refractivity contribution in [1.29, 1.82) is 0 Å². The Hall–Kier alpha value is -0.710. The van der Waals surface area contributed by atoms with E-state index in [0.717, 1.165) is 12.8 Å². The lowest BCUT2D eigenvalue weighted by atomic mass is 9.43. The molecule has 0 amide bonds. The summed E-state index contributed by atoms with van der Waals surface area (Å²) in [5.74, 6) is 1.39. The van der Waals surface area contributed by atoms with Gasteiger partial charge in [0.25, 0.3) is 0 Å². The number of carbonyl (C=O) groups is 1. The molecule has 5 aliphatic rings. The van der Waals surface area contributed by atoms with Gasteiger partial charge in [-0.15, -0.1) is 0 Å². The number of hydrogen-bond donors (Lipinski definition) is 1. The third kappa shape index (κ3) is 2.24. The highest BCUT2D eigenvalue weighted by molar-refractivity contribution is 5.80. The fourth-order valence-corrected chi connectivity index (χ4v) is 9.99. The lowest BCUT2D eigenvalue weighted by Crippen LogP contribution is -2.55. The molecule has 5 aliphatic carbocycles. The van der Waals surface area contributed by atoms with Crippen molar-refractivity contribution < 1.29 is 15.4 Å². The maximum Gasteiger partial charge on any atom is 0.136 e. The van der Waals surface area contributed by atoms with Gasteiger partial charge in [0, 0.05) is 12.0 Å². The SMILES string of the molecule is C=C1[C@@H](N(C)C)CC[C@]23C[C@]24CC[C@]2(C)[C@@H](C(C)=O)[C@H](O)C[C@@]2(C)[C@@H]4CC[C@@H]13.O. The molecule has 0 aromatic carbocycles. The van der Waals surface area contributed by atoms with E-state index in [4.69, 9.17) is 0 Å². The summed E-state index contributed by atoms with van der Waals surface area (Å²) in [4.78, 5) is 14.9. The molecular weight excluding hydrogens is 362 g/mol. The molecule has 4 nitrogen and oxygen atoms in total. The van der Waals surface area contributed by atoms with E-state index in [1.807, 2.05) is 0 Å². The van der Waals surface area contributed by atoms with E-state index in [0.29, 0.717) is 28.7 Å². The van der Waals surface area contributed by atoms with Gasteiger partial charge in [0.2, 0.25) is 0 Å². The number of aliphatic hydroxyl groups excluding tert-OH is 1. The van der Waals surface area contributed by atoms with Gasteiger partial charge in [0.1, 0.15) is 5.78 Å². The molecule has 0 heterocycles. The molecule has 5 fully saturated rings. The first-order valence-electron chi connectivity index (χ1n) is 11.6. The van der Waals surface area contributed by atoms with Crippen LogP contribution < -0.4 is 0 Å². The Bertz CT molecular complexity index is 748. The highest BCUT2D eigenvalue weighted by Crippen LogP contribution is 2.87. The summed E-state index contributed by atoms with van der Waals surface area (Å²) in [5, 5.41) is 10.9. The van der Waals surface area contributed by atoms with Crippen LogP contribution in [0.5, 0.6) is 0 Å². The summed E-state index contributed by atoms with van der Waals surface area (Å²) in [5.41, 5.74) is 2.48. The minimum atomic E-state index is -0.450. The predicted molar refractivity (Wildman–Crippen MR) is 115 cm³/mol. The zero-order valence-electron chi connectivity index (χ0n) is 19.1. The average Bonchev–Trinajstić information content (AvgIpc) is 3.19. The molecule has 3 N–H and O–H groups in total. The second-order valence-corrected chi connectivity index (χ2v) is 12.0. The molecule has 0 unspecified atom stereocenters. The van der Waals surface area contributed by atoms with Crippen molar-refractivity contribution in [2.24, 2.45) is 39.4 Å². The molecule has 0 bridgehead atoms. The minimum Gasteiger partial charge on any atom is -0.412 e. The van der Waals surface area contributed by atoms with E-state index in [9.17, 15) is 9.90 Å². The van der Waals surface area contributed by atoms with Crippen LogP contribution in [-0.2, 0) is 4.79 Å². The molecule has 5 saturated carbocycles. The third-order valence-electron chi connectivity index (χ3n) is 11.2. The van der Waals surface area contributed by atoms with Crippen molar-refractivity contribution in [2.75, 3.05) is 14.1 Å². The van der Waals surface area contributed by atoms with E-state index in [1.54, 1.807) is 6.92 Å². The van der Waals surface area contributed by atoms with Gasteiger partial charge < -0.3 is 15.5 Å². The number of hydrogen-bond acceptors (Lipinski definition) is 3. The second kappa shape index (κ2) is 6.17. The van der Waals surface area contributed by atoms with Crippen LogP contribution in [0.1, 0.15) is 72.1 Å². The number of nitrogens with zero attached hydrogens (tertiary/aromatic N) is 1. The van der Waals surface area contributed by atoms with Gasteiger partial charge in [-0.3, -0.25) is 4.79 Å². The van der Waals surface area contributed by atoms with Crippen LogP contribution in [0.4, 0.5) is 0 Å². The molecule has 0 saturated heterocycles. The summed E-state index contributed by atoms with van der Waals surface area (Å²) in [7, 11) is 4.41. The molecule has 0 aliphatic heterocycles. The van der Waals surface area contributed by atoms with Crippen LogP contribution in [0.3, 0.4) is 0 Å². The Morgan fingerprint density at radius 3 is 2.38 bits per heavy atom. The van der Waals surface area contributed by atoms with Gasteiger partial charge in [-0.25, -0.2) is 0 Å². The number of rotatable bonds is 2. The number of fused-ring (bicyclic) bond motifs is 2. The van der Waals surface area contributed by atoms with E-state index in [2.05, 4.69) is 39.4 Å². The first kappa shape index (κ1) is 21.5. The molecule has 5 rings (SSSR count). The van der Waals surface area contributed by atoms with Crippen molar-refractivity contribution >= 4 is 5.78 Å². The average molecular weight is 404 g/mol. The Balaban J connectivity index is 0.00000205. The van der Waals surface area contributed by atoms with E-state index in [-0.39, 0.29) is 28.0 Å². The van der Waals surface area contributed by atoms with Gasteiger partial charge in [-0.2, -0.15) is 0 Å². The summed E-state index contributed by atoms with van der Waals surface area (Å²) in [6.45, 7) is 11.1. The number of Topliss-reactive ketones (excluding diaryl/α,β-unsaturated/α-hetero) is 1. The molecule has 9 atom stereocenters. The minimum absolute atomic E-state index is 0. The van der Waals surface area contributed by atoms with Gasteiger partial charge in [0.05, 0.1) is 6.10 Å². The van der Waals surface area contributed by atoms with E-state index >= 15 is 0 Å². The van der Waals surface area contributed by atoms with Crippen LogP contribution >= 0.6 is 0 Å². The van der Waals surface area contributed by atoms with Crippen molar-refractivity contribution in [3.05, 3.63) is 12.2 Å². The Morgan fingerprint density at radius 2 is 1.76 bits per heavy atom. The van der Waals surface area contributed by atoms with Crippen LogP contribution in [0.2, 0.25) is 0 Å². The van der Waals surface area contributed by atoms with Crippen molar-refractivity contribution in [1.82, 2.24) is 4.90 Å². The first-order valence-corrected chi connectivity index (χ1v) is 11.6. The van der Waals surface area contributed by atoms with E-state index in [1.165, 1.54) is 44.1 Å². The zero-order valence-corrected chi connectivity index (χ0v) is 19.1. The molecule has 164 valence electrons. The topological polar surface area (TPSA) is 72.0 Å². The van der Waals surface area contributed by atoms with Crippen molar-refractivity contribution in [2.45, 2.75) is 84.3 Å². The highest BCUT2D eigenvalue weighted by atomic mass is 16.3. The van der Waals surface area contributed by atoms with Crippen molar-refractivity contribution in [3.63, 3.8) is 0 Å². The fraction of sp³-hybridized carbons (Fsp3) is 0.880. The van der Waals surface area contributed by atoms with Crippen LogP contribution in [0.25, 0.3) is 0 Å². The molecule has 29 heavy (non-hydrogen) atoms. The third-order valence-corrected chi connectivity index (χ3v) is 11.2. The maximum absolute atomic E-state index is 12.5. The monoisotopic (exact) mass is 403 g/mol. The summed E-state index contributed by atoms with van der Waals surface area (Å²) < 4.78 is 0. The van der Waals surface area contributed by atoms with Crippen LogP contribution in [0, 0.1) is 39.4 Å².